The Bertz CT molecular complexity index is 411. The molecule has 1 unspecified atom stereocenters. The average molecular weight is 330 g/mol. The number of halogens is 1. The van der Waals surface area contributed by atoms with Crippen molar-refractivity contribution >= 4 is 33.4 Å². The number of thioether (sulfide) groups is 1. The summed E-state index contributed by atoms with van der Waals surface area (Å²) >= 11 is 5.71. The summed E-state index contributed by atoms with van der Waals surface area (Å²) in [6.07, 6.45) is 0.820. The maximum atomic E-state index is 9.59. The number of nitrogens with zero attached hydrogens (tertiary/aromatic N) is 1. The van der Waals surface area contributed by atoms with E-state index in [9.17, 15) is 5.11 Å². The Kier molecular flexibility index (Phi) is 4.98. The van der Waals surface area contributed by atoms with Crippen LogP contribution in [0, 0.1) is 0 Å². The second kappa shape index (κ2) is 6.31. The molecule has 0 amide bonds. The molecule has 1 fully saturated rings. The van der Waals surface area contributed by atoms with E-state index >= 15 is 0 Å². The van der Waals surface area contributed by atoms with Gasteiger partial charge >= 0.3 is 0 Å². The van der Waals surface area contributed by atoms with E-state index in [0.717, 1.165) is 28.4 Å². The van der Waals surface area contributed by atoms with Crippen molar-refractivity contribution in [1.29, 1.82) is 0 Å². The van der Waals surface area contributed by atoms with Gasteiger partial charge in [-0.3, -0.25) is 0 Å². The zero-order chi connectivity index (χ0) is 13.1. The van der Waals surface area contributed by atoms with Crippen molar-refractivity contribution in [3.63, 3.8) is 0 Å². The first-order valence-corrected chi connectivity index (χ1v) is 8.30. The molecule has 2 rings (SSSR count). The van der Waals surface area contributed by atoms with Crippen LogP contribution in [0.3, 0.4) is 0 Å². The van der Waals surface area contributed by atoms with Crippen LogP contribution in [0.4, 0.5) is 5.69 Å². The molecular formula is C14H20BrNOS. The van der Waals surface area contributed by atoms with E-state index in [4.69, 9.17) is 0 Å². The van der Waals surface area contributed by atoms with Crippen LogP contribution in [0.15, 0.2) is 22.7 Å². The molecule has 1 aliphatic rings. The van der Waals surface area contributed by atoms with Crippen LogP contribution < -0.4 is 4.90 Å². The highest BCUT2D eigenvalue weighted by atomic mass is 79.9. The Hall–Kier alpha value is -0.190. The van der Waals surface area contributed by atoms with E-state index in [0.29, 0.717) is 0 Å². The molecular weight excluding hydrogens is 310 g/mol. The van der Waals surface area contributed by atoms with Crippen molar-refractivity contribution in [2.24, 2.45) is 0 Å². The van der Waals surface area contributed by atoms with Crippen molar-refractivity contribution in [3.8, 4) is 0 Å². The van der Waals surface area contributed by atoms with Crippen molar-refractivity contribution in [1.82, 2.24) is 0 Å². The summed E-state index contributed by atoms with van der Waals surface area (Å²) in [5.74, 6) is 1.20. The summed E-state index contributed by atoms with van der Waals surface area (Å²) < 4.78 is 1.09. The van der Waals surface area contributed by atoms with Gasteiger partial charge in [-0.1, -0.05) is 13.0 Å². The van der Waals surface area contributed by atoms with E-state index in [1.54, 1.807) is 6.92 Å². The lowest BCUT2D eigenvalue weighted by Gasteiger charge is -2.34. The highest BCUT2D eigenvalue weighted by Gasteiger charge is 2.20. The molecule has 100 valence electrons. The molecule has 2 atom stereocenters. The second-order valence-corrected chi connectivity index (χ2v) is 7.00. The molecule has 0 saturated carbocycles. The molecule has 0 spiro atoms. The van der Waals surface area contributed by atoms with E-state index in [1.165, 1.54) is 17.9 Å². The third kappa shape index (κ3) is 3.22. The maximum absolute atomic E-state index is 9.59. The van der Waals surface area contributed by atoms with Crippen LogP contribution in [0.25, 0.3) is 0 Å². The summed E-state index contributed by atoms with van der Waals surface area (Å²) in [5, 5.41) is 10.3. The van der Waals surface area contributed by atoms with Gasteiger partial charge in [-0.05, 0) is 47.0 Å². The second-order valence-electron chi connectivity index (χ2n) is 4.73. The summed E-state index contributed by atoms with van der Waals surface area (Å²) in [6.45, 7) is 6.28. The van der Waals surface area contributed by atoms with Crippen LogP contribution >= 0.6 is 27.7 Å². The lowest BCUT2D eigenvalue weighted by molar-refractivity contribution is 0.199. The number of hydrogen-bond donors (Lipinski definition) is 1. The van der Waals surface area contributed by atoms with Crippen molar-refractivity contribution in [2.45, 2.75) is 31.6 Å². The summed E-state index contributed by atoms with van der Waals surface area (Å²) in [4.78, 5) is 2.45. The average Bonchev–Trinajstić information content (AvgIpc) is 2.38. The fourth-order valence-electron chi connectivity index (χ4n) is 2.22. The normalized spacial score (nSPS) is 22.0. The number of aliphatic hydroxyl groups is 1. The van der Waals surface area contributed by atoms with Gasteiger partial charge in [0.05, 0.1) is 11.8 Å². The Labute approximate surface area is 122 Å². The standard InChI is InChI=1S/C14H20BrNOS/c1-3-12-9-16(6-7-18-12)14-5-4-11(10(2)17)8-13(14)15/h4-5,8,10,12,17H,3,6-7,9H2,1-2H3/t10-,12?/m1/s1. The molecule has 1 aromatic carbocycles. The third-order valence-electron chi connectivity index (χ3n) is 3.39. The Morgan fingerprint density at radius 1 is 1.56 bits per heavy atom. The molecule has 0 bridgehead atoms. The van der Waals surface area contributed by atoms with Gasteiger partial charge in [-0.2, -0.15) is 11.8 Å². The lowest BCUT2D eigenvalue weighted by atomic mass is 10.1. The quantitative estimate of drug-likeness (QED) is 0.911. The van der Waals surface area contributed by atoms with Gasteiger partial charge in [0.2, 0.25) is 0 Å². The largest absolute Gasteiger partial charge is 0.389 e. The molecule has 1 heterocycles. The van der Waals surface area contributed by atoms with E-state index in [2.05, 4.69) is 45.6 Å². The first-order chi connectivity index (χ1) is 8.61. The third-order valence-corrected chi connectivity index (χ3v) is 5.40. The maximum Gasteiger partial charge on any atom is 0.0762 e. The highest BCUT2D eigenvalue weighted by Crippen LogP contribution is 2.32. The molecule has 1 aliphatic heterocycles. The number of rotatable bonds is 3. The molecule has 0 aromatic heterocycles. The van der Waals surface area contributed by atoms with Gasteiger partial charge in [0.15, 0.2) is 0 Å². The smallest absolute Gasteiger partial charge is 0.0762 e. The van der Waals surface area contributed by atoms with Gasteiger partial charge in [0.1, 0.15) is 0 Å². The molecule has 18 heavy (non-hydrogen) atoms. The molecule has 0 radical (unpaired) electrons. The topological polar surface area (TPSA) is 23.5 Å². The first kappa shape index (κ1) is 14.2. The van der Waals surface area contributed by atoms with E-state index in [-0.39, 0.29) is 0 Å². The predicted octanol–water partition coefficient (Wildman–Crippen LogP) is 3.83. The monoisotopic (exact) mass is 329 g/mol. The molecule has 0 aliphatic carbocycles. The number of anilines is 1. The molecule has 2 nitrogen and oxygen atoms in total. The Morgan fingerprint density at radius 3 is 2.94 bits per heavy atom. The zero-order valence-electron chi connectivity index (χ0n) is 10.9. The molecule has 1 saturated heterocycles. The van der Waals surface area contributed by atoms with Crippen LogP contribution in [0.1, 0.15) is 31.9 Å². The van der Waals surface area contributed by atoms with Crippen LogP contribution in [0.5, 0.6) is 0 Å². The fourth-order valence-corrected chi connectivity index (χ4v) is 4.05. The van der Waals surface area contributed by atoms with Crippen molar-refractivity contribution in [3.05, 3.63) is 28.2 Å². The lowest BCUT2D eigenvalue weighted by Crippen LogP contribution is -2.37. The number of hydrogen-bond acceptors (Lipinski definition) is 3. The van der Waals surface area contributed by atoms with Gasteiger partial charge in [0, 0.05) is 28.6 Å². The summed E-state index contributed by atoms with van der Waals surface area (Å²) in [7, 11) is 0. The van der Waals surface area contributed by atoms with Gasteiger partial charge in [0.25, 0.3) is 0 Å². The van der Waals surface area contributed by atoms with Crippen molar-refractivity contribution in [2.75, 3.05) is 23.7 Å². The fraction of sp³-hybridized carbons (Fsp3) is 0.571. The molecule has 1 N–H and O–H groups in total. The minimum atomic E-state index is -0.407. The van der Waals surface area contributed by atoms with Gasteiger partial charge < -0.3 is 10.0 Å². The SMILES string of the molecule is CCC1CN(c2ccc([C@@H](C)O)cc2Br)CCS1. The number of benzene rings is 1. The van der Waals surface area contributed by atoms with Crippen LogP contribution in [-0.2, 0) is 0 Å². The Balaban J connectivity index is 2.17. The summed E-state index contributed by atoms with van der Waals surface area (Å²) in [5.41, 5.74) is 2.21. The highest BCUT2D eigenvalue weighted by molar-refractivity contribution is 9.10. The minimum absolute atomic E-state index is 0.407. The van der Waals surface area contributed by atoms with Gasteiger partial charge in [-0.15, -0.1) is 0 Å². The van der Waals surface area contributed by atoms with E-state index < -0.39 is 6.10 Å². The predicted molar refractivity (Wildman–Crippen MR) is 83.5 cm³/mol. The van der Waals surface area contributed by atoms with Crippen LogP contribution in [-0.4, -0.2) is 29.2 Å². The van der Waals surface area contributed by atoms with Gasteiger partial charge in [-0.25, -0.2) is 0 Å². The first-order valence-electron chi connectivity index (χ1n) is 6.46. The van der Waals surface area contributed by atoms with Crippen molar-refractivity contribution < 1.29 is 5.11 Å². The summed E-state index contributed by atoms with van der Waals surface area (Å²) in [6, 6.07) is 6.17. The van der Waals surface area contributed by atoms with Crippen LogP contribution in [0.2, 0.25) is 0 Å². The zero-order valence-corrected chi connectivity index (χ0v) is 13.3. The molecule has 1 aromatic rings. The Morgan fingerprint density at radius 2 is 2.33 bits per heavy atom. The minimum Gasteiger partial charge on any atom is -0.389 e. The van der Waals surface area contributed by atoms with E-state index in [1.807, 2.05) is 12.1 Å². The molecule has 4 heteroatoms. The number of aliphatic hydroxyl groups excluding tert-OH is 1.